The zero-order chi connectivity index (χ0) is 14.7. The molecule has 1 aliphatic rings. The molecule has 0 aromatic heterocycles. The van der Waals surface area contributed by atoms with Gasteiger partial charge in [0.1, 0.15) is 11.8 Å². The molecule has 0 radical (unpaired) electrons. The quantitative estimate of drug-likeness (QED) is 0.920. The highest BCUT2D eigenvalue weighted by molar-refractivity contribution is 5.99. The molecule has 1 atom stereocenters. The first-order valence-corrected chi connectivity index (χ1v) is 7.11. The van der Waals surface area contributed by atoms with Gasteiger partial charge in [-0.15, -0.1) is 0 Å². The maximum absolute atomic E-state index is 12.8. The van der Waals surface area contributed by atoms with Crippen LogP contribution < -0.4 is 15.4 Å². The van der Waals surface area contributed by atoms with Crippen LogP contribution >= 0.6 is 0 Å². The highest BCUT2D eigenvalue weighted by Gasteiger charge is 2.26. The lowest BCUT2D eigenvalue weighted by molar-refractivity contribution is -0.120. The molecule has 0 spiro atoms. The van der Waals surface area contributed by atoms with Gasteiger partial charge >= 0.3 is 0 Å². The van der Waals surface area contributed by atoms with E-state index >= 15 is 0 Å². The highest BCUT2D eigenvalue weighted by Crippen LogP contribution is 2.32. The van der Waals surface area contributed by atoms with Gasteiger partial charge in [-0.2, -0.15) is 0 Å². The number of fused-ring (bicyclic) bond motifs is 1. The van der Waals surface area contributed by atoms with E-state index in [1.54, 1.807) is 4.90 Å². The standard InChI is InChI=1S/C17H18N2O2/c18-16(13-7-2-1-3-8-13)17(20)19-11-6-12-21-15-10-5-4-9-14(15)19/h1-5,7-10,16H,6,11-12,18H2/t16-/m0/s1. The Labute approximate surface area is 124 Å². The number of benzene rings is 2. The van der Waals surface area contributed by atoms with Gasteiger partial charge in [0.05, 0.1) is 12.3 Å². The van der Waals surface area contributed by atoms with Crippen molar-refractivity contribution in [2.45, 2.75) is 12.5 Å². The normalized spacial score (nSPS) is 15.6. The number of carbonyl (C=O) groups is 1. The Bertz CT molecular complexity index is 628. The number of hydrogen-bond donors (Lipinski definition) is 1. The minimum atomic E-state index is -0.655. The molecular weight excluding hydrogens is 264 g/mol. The van der Waals surface area contributed by atoms with Crippen LogP contribution in [0.25, 0.3) is 0 Å². The number of carbonyl (C=O) groups excluding carboxylic acids is 1. The van der Waals surface area contributed by atoms with E-state index in [1.807, 2.05) is 54.6 Å². The first-order valence-electron chi connectivity index (χ1n) is 7.11. The van der Waals surface area contributed by atoms with Crippen molar-refractivity contribution in [2.75, 3.05) is 18.1 Å². The summed E-state index contributed by atoms with van der Waals surface area (Å²) in [5, 5.41) is 0. The molecule has 0 saturated carbocycles. The summed E-state index contributed by atoms with van der Waals surface area (Å²) in [6.07, 6.45) is 0.794. The van der Waals surface area contributed by atoms with Crippen LogP contribution in [0.15, 0.2) is 54.6 Å². The zero-order valence-corrected chi connectivity index (χ0v) is 11.7. The zero-order valence-electron chi connectivity index (χ0n) is 11.7. The summed E-state index contributed by atoms with van der Waals surface area (Å²) < 4.78 is 5.68. The SMILES string of the molecule is N[C@H](C(=O)N1CCCOc2ccccc21)c1ccccc1. The molecule has 0 unspecified atom stereocenters. The number of anilines is 1. The average molecular weight is 282 g/mol. The van der Waals surface area contributed by atoms with Crippen LogP contribution in [0.4, 0.5) is 5.69 Å². The Hall–Kier alpha value is -2.33. The molecule has 1 heterocycles. The van der Waals surface area contributed by atoms with Crippen molar-refractivity contribution < 1.29 is 9.53 Å². The second-order valence-electron chi connectivity index (χ2n) is 5.05. The van der Waals surface area contributed by atoms with Crippen LogP contribution in [0.1, 0.15) is 18.0 Å². The third-order valence-electron chi connectivity index (χ3n) is 3.63. The van der Waals surface area contributed by atoms with E-state index in [0.29, 0.717) is 13.2 Å². The number of nitrogens with two attached hydrogens (primary N) is 1. The maximum Gasteiger partial charge on any atom is 0.248 e. The molecule has 21 heavy (non-hydrogen) atoms. The molecule has 1 aliphatic heterocycles. The molecule has 3 rings (SSSR count). The number of ether oxygens (including phenoxy) is 1. The molecule has 1 amide bonds. The summed E-state index contributed by atoms with van der Waals surface area (Å²) in [6.45, 7) is 1.23. The van der Waals surface area contributed by atoms with Crippen LogP contribution in [0.5, 0.6) is 5.75 Å². The summed E-state index contributed by atoms with van der Waals surface area (Å²) in [5.41, 5.74) is 7.77. The smallest absolute Gasteiger partial charge is 0.248 e. The molecule has 0 aliphatic carbocycles. The predicted molar refractivity (Wildman–Crippen MR) is 82.3 cm³/mol. The van der Waals surface area contributed by atoms with Crippen molar-refractivity contribution in [1.29, 1.82) is 0 Å². The second kappa shape index (κ2) is 5.97. The highest BCUT2D eigenvalue weighted by atomic mass is 16.5. The first-order chi connectivity index (χ1) is 10.3. The first kappa shape index (κ1) is 13.6. The Balaban J connectivity index is 1.91. The van der Waals surface area contributed by atoms with E-state index < -0.39 is 6.04 Å². The molecule has 2 N–H and O–H groups in total. The fourth-order valence-corrected chi connectivity index (χ4v) is 2.53. The van der Waals surface area contributed by atoms with E-state index in [4.69, 9.17) is 10.5 Å². The van der Waals surface area contributed by atoms with E-state index in [2.05, 4.69) is 0 Å². The van der Waals surface area contributed by atoms with E-state index in [0.717, 1.165) is 23.4 Å². The monoisotopic (exact) mass is 282 g/mol. The van der Waals surface area contributed by atoms with Crippen LogP contribution in [-0.2, 0) is 4.79 Å². The maximum atomic E-state index is 12.8. The number of para-hydroxylation sites is 2. The largest absolute Gasteiger partial charge is 0.491 e. The lowest BCUT2D eigenvalue weighted by Gasteiger charge is -2.25. The molecule has 0 saturated heterocycles. The topological polar surface area (TPSA) is 55.6 Å². The summed E-state index contributed by atoms with van der Waals surface area (Å²) >= 11 is 0. The summed E-state index contributed by atoms with van der Waals surface area (Å²) in [7, 11) is 0. The van der Waals surface area contributed by atoms with Gasteiger partial charge in [-0.25, -0.2) is 0 Å². The van der Waals surface area contributed by atoms with Crippen molar-refractivity contribution in [1.82, 2.24) is 0 Å². The Morgan fingerprint density at radius 3 is 2.62 bits per heavy atom. The van der Waals surface area contributed by atoms with Crippen molar-refractivity contribution in [3.63, 3.8) is 0 Å². The van der Waals surface area contributed by atoms with Crippen molar-refractivity contribution >= 4 is 11.6 Å². The third kappa shape index (κ3) is 2.76. The van der Waals surface area contributed by atoms with E-state index in [1.165, 1.54) is 0 Å². The molecule has 2 aromatic rings. The second-order valence-corrected chi connectivity index (χ2v) is 5.05. The van der Waals surface area contributed by atoms with Gasteiger partial charge in [0.2, 0.25) is 5.91 Å². The summed E-state index contributed by atoms with van der Waals surface area (Å²) in [4.78, 5) is 14.5. The molecule has 108 valence electrons. The van der Waals surface area contributed by atoms with Gasteiger partial charge in [-0.3, -0.25) is 4.79 Å². The molecular formula is C17H18N2O2. The van der Waals surface area contributed by atoms with Crippen LogP contribution in [0.2, 0.25) is 0 Å². The van der Waals surface area contributed by atoms with Crippen LogP contribution in [0.3, 0.4) is 0 Å². The minimum Gasteiger partial charge on any atom is -0.491 e. The van der Waals surface area contributed by atoms with Crippen LogP contribution in [-0.4, -0.2) is 19.1 Å². The van der Waals surface area contributed by atoms with Gasteiger partial charge in [0, 0.05) is 6.54 Å². The molecule has 0 bridgehead atoms. The molecule has 2 aromatic carbocycles. The van der Waals surface area contributed by atoms with Crippen molar-refractivity contribution in [3.05, 3.63) is 60.2 Å². The fourth-order valence-electron chi connectivity index (χ4n) is 2.53. The number of rotatable bonds is 2. The van der Waals surface area contributed by atoms with Gasteiger partial charge in [0.25, 0.3) is 0 Å². The Morgan fingerprint density at radius 1 is 1.10 bits per heavy atom. The van der Waals surface area contributed by atoms with Gasteiger partial charge in [-0.05, 0) is 24.1 Å². The molecule has 4 nitrogen and oxygen atoms in total. The lowest BCUT2D eigenvalue weighted by atomic mass is 10.1. The van der Waals surface area contributed by atoms with E-state index in [-0.39, 0.29) is 5.91 Å². The Morgan fingerprint density at radius 2 is 1.81 bits per heavy atom. The van der Waals surface area contributed by atoms with Gasteiger partial charge in [-0.1, -0.05) is 42.5 Å². The average Bonchev–Trinajstić information content (AvgIpc) is 2.77. The van der Waals surface area contributed by atoms with E-state index in [9.17, 15) is 4.79 Å². The minimum absolute atomic E-state index is 0.0980. The number of hydrogen-bond acceptors (Lipinski definition) is 3. The number of nitrogens with zero attached hydrogens (tertiary/aromatic N) is 1. The summed E-state index contributed by atoms with van der Waals surface area (Å²) in [5.74, 6) is 0.641. The molecule has 4 heteroatoms. The van der Waals surface area contributed by atoms with Crippen molar-refractivity contribution in [2.24, 2.45) is 5.73 Å². The van der Waals surface area contributed by atoms with Crippen LogP contribution in [0, 0.1) is 0 Å². The lowest BCUT2D eigenvalue weighted by Crippen LogP contribution is -2.39. The molecule has 0 fully saturated rings. The van der Waals surface area contributed by atoms with Gasteiger partial charge in [0.15, 0.2) is 0 Å². The fraction of sp³-hybridized carbons (Fsp3) is 0.235. The Kier molecular flexibility index (Phi) is 3.88. The van der Waals surface area contributed by atoms with Gasteiger partial charge < -0.3 is 15.4 Å². The predicted octanol–water partition coefficient (Wildman–Crippen LogP) is 2.50. The van der Waals surface area contributed by atoms with Crippen molar-refractivity contribution in [3.8, 4) is 5.75 Å². The third-order valence-corrected chi connectivity index (χ3v) is 3.63. The summed E-state index contributed by atoms with van der Waals surface area (Å²) in [6, 6.07) is 16.4. The number of amides is 1.